The van der Waals surface area contributed by atoms with E-state index in [4.69, 9.17) is 9.05 Å². The van der Waals surface area contributed by atoms with Gasteiger partial charge in [0.15, 0.2) is 0 Å². The van der Waals surface area contributed by atoms with Crippen LogP contribution in [-0.2, 0) is 18.4 Å². The molecule has 9 heteroatoms. The maximum absolute atomic E-state index is 12.8. The van der Waals surface area contributed by atoms with Crippen LogP contribution in [0.5, 0.6) is 0 Å². The van der Waals surface area contributed by atoms with Crippen LogP contribution in [-0.4, -0.2) is 68.5 Å². The number of carbonyl (C=O) groups excluding carboxylic acids is 1. The van der Waals surface area contributed by atoms with E-state index in [0.29, 0.717) is 23.9 Å². The van der Waals surface area contributed by atoms with Crippen molar-refractivity contribution < 1.29 is 32.9 Å². The van der Waals surface area contributed by atoms with Crippen molar-refractivity contribution in [1.29, 1.82) is 0 Å². The zero-order chi connectivity index (χ0) is 45.7. The van der Waals surface area contributed by atoms with Gasteiger partial charge < -0.3 is 28.8 Å². The zero-order valence-electron chi connectivity index (χ0n) is 41.3. The predicted octanol–water partition coefficient (Wildman–Crippen LogP) is 14.6. The van der Waals surface area contributed by atoms with E-state index >= 15 is 0 Å². The number of hydrogen-bond acceptors (Lipinski definition) is 6. The highest BCUT2D eigenvalue weighted by Crippen LogP contribution is 2.38. The third kappa shape index (κ3) is 46.5. The number of aliphatic hydroxyl groups excluding tert-OH is 1. The Kier molecular flexibility index (Phi) is 43.5. The van der Waals surface area contributed by atoms with Crippen molar-refractivity contribution in [2.45, 2.75) is 244 Å². The summed E-state index contributed by atoms with van der Waals surface area (Å²) < 4.78 is 23.1. The molecule has 62 heavy (non-hydrogen) atoms. The molecule has 0 aromatic carbocycles. The van der Waals surface area contributed by atoms with Crippen molar-refractivity contribution in [3.63, 3.8) is 0 Å². The number of unbranched alkanes of at least 4 members (excludes halogenated alkanes) is 26. The maximum Gasteiger partial charge on any atom is 0.268 e. The first-order valence-electron chi connectivity index (χ1n) is 26.0. The minimum atomic E-state index is -4.55. The molecule has 0 spiro atoms. The Morgan fingerprint density at radius 3 is 1.44 bits per heavy atom. The van der Waals surface area contributed by atoms with Crippen LogP contribution in [0.15, 0.2) is 48.6 Å². The van der Waals surface area contributed by atoms with E-state index in [2.05, 4.69) is 67.8 Å². The maximum atomic E-state index is 12.8. The van der Waals surface area contributed by atoms with Crippen molar-refractivity contribution in [1.82, 2.24) is 5.32 Å². The second kappa shape index (κ2) is 44.7. The normalized spacial score (nSPS) is 14.5. The molecule has 3 atom stereocenters. The number of aliphatic hydroxyl groups is 1. The van der Waals surface area contributed by atoms with Crippen molar-refractivity contribution in [3.8, 4) is 0 Å². The first-order chi connectivity index (χ1) is 30.0. The molecule has 0 saturated carbocycles. The minimum absolute atomic E-state index is 0.0121. The Morgan fingerprint density at radius 2 is 0.984 bits per heavy atom. The molecule has 0 aliphatic carbocycles. The van der Waals surface area contributed by atoms with Gasteiger partial charge in [-0.25, -0.2) is 0 Å². The summed E-state index contributed by atoms with van der Waals surface area (Å²) in [5.74, 6) is -0.170. The molecule has 0 fully saturated rings. The van der Waals surface area contributed by atoms with Crippen LogP contribution in [0.3, 0.4) is 0 Å². The highest BCUT2D eigenvalue weighted by molar-refractivity contribution is 7.45. The summed E-state index contributed by atoms with van der Waals surface area (Å²) in [5, 5.41) is 13.7. The molecule has 1 amide bonds. The zero-order valence-corrected chi connectivity index (χ0v) is 42.2. The van der Waals surface area contributed by atoms with E-state index in [1.54, 1.807) is 0 Å². The van der Waals surface area contributed by atoms with Gasteiger partial charge >= 0.3 is 0 Å². The Hall–Kier alpha value is -1.54. The van der Waals surface area contributed by atoms with Crippen LogP contribution >= 0.6 is 7.82 Å². The number of likely N-dealkylation sites (N-methyl/N-ethyl adjacent to an activating group) is 1. The van der Waals surface area contributed by atoms with Gasteiger partial charge in [-0.05, 0) is 51.4 Å². The van der Waals surface area contributed by atoms with Gasteiger partial charge in [-0.2, -0.15) is 0 Å². The number of carbonyl (C=O) groups is 1. The van der Waals surface area contributed by atoms with E-state index in [0.717, 1.165) is 77.0 Å². The molecule has 8 nitrogen and oxygen atoms in total. The van der Waals surface area contributed by atoms with E-state index in [1.165, 1.54) is 128 Å². The van der Waals surface area contributed by atoms with Crippen molar-refractivity contribution in [3.05, 3.63) is 48.6 Å². The first kappa shape index (κ1) is 60.5. The van der Waals surface area contributed by atoms with E-state index in [9.17, 15) is 19.4 Å². The molecule has 3 unspecified atom stereocenters. The molecule has 0 saturated heterocycles. The molecule has 0 aliphatic rings. The summed E-state index contributed by atoms with van der Waals surface area (Å²) >= 11 is 0. The molecular weight excluding hydrogens is 792 g/mol. The van der Waals surface area contributed by atoms with Crippen LogP contribution in [0.4, 0.5) is 0 Å². The van der Waals surface area contributed by atoms with Crippen molar-refractivity contribution in [2.75, 3.05) is 40.9 Å². The monoisotopic (exact) mass is 893 g/mol. The van der Waals surface area contributed by atoms with Crippen molar-refractivity contribution in [2.24, 2.45) is 0 Å². The molecule has 0 aromatic heterocycles. The number of nitrogens with one attached hydrogen (secondary N) is 1. The SMILES string of the molecule is CC/C=C\C/C=C\C/C=C\C/C=C\CCCCCCCCCCCCCCCCCCCCCCCCC(=O)NC(COP(=O)([O-])OCC[N+](C)(C)C)C(O)CCCCCCC. The molecule has 364 valence electrons. The second-order valence-corrected chi connectivity index (χ2v) is 20.3. The lowest BCUT2D eigenvalue weighted by Crippen LogP contribution is -2.46. The summed E-state index contributed by atoms with van der Waals surface area (Å²) in [7, 11) is 1.30. The largest absolute Gasteiger partial charge is 0.756 e. The average molecular weight is 893 g/mol. The highest BCUT2D eigenvalue weighted by atomic mass is 31.2. The average Bonchev–Trinajstić information content (AvgIpc) is 3.23. The third-order valence-corrected chi connectivity index (χ3v) is 12.5. The van der Waals surface area contributed by atoms with Crippen LogP contribution in [0.1, 0.15) is 232 Å². The quantitative estimate of drug-likeness (QED) is 0.0273. The van der Waals surface area contributed by atoms with Crippen LogP contribution in [0.25, 0.3) is 0 Å². The number of phosphoric acid groups is 1. The lowest BCUT2D eigenvalue weighted by atomic mass is 10.0. The molecule has 0 heterocycles. The lowest BCUT2D eigenvalue weighted by Gasteiger charge is -2.30. The topological polar surface area (TPSA) is 108 Å². The summed E-state index contributed by atoms with van der Waals surface area (Å²) in [5.41, 5.74) is 0. The molecular formula is C53H101N2O6P. The van der Waals surface area contributed by atoms with Crippen LogP contribution in [0, 0.1) is 0 Å². The summed E-state index contributed by atoms with van der Waals surface area (Å²) in [4.78, 5) is 25.2. The highest BCUT2D eigenvalue weighted by Gasteiger charge is 2.24. The number of quaternary nitrogens is 1. The van der Waals surface area contributed by atoms with Gasteiger partial charge in [-0.3, -0.25) is 9.36 Å². The van der Waals surface area contributed by atoms with Gasteiger partial charge in [0.05, 0.1) is 39.9 Å². The summed E-state index contributed by atoms with van der Waals surface area (Å²) in [6, 6.07) is -0.795. The Labute approximate surface area is 384 Å². The van der Waals surface area contributed by atoms with Crippen LogP contribution < -0.4 is 10.2 Å². The van der Waals surface area contributed by atoms with Gasteiger partial charge in [0.1, 0.15) is 13.2 Å². The first-order valence-corrected chi connectivity index (χ1v) is 27.4. The number of phosphoric ester groups is 1. The summed E-state index contributed by atoms with van der Waals surface area (Å²) in [6.07, 6.45) is 57.8. The fourth-order valence-electron chi connectivity index (χ4n) is 7.50. The fourth-order valence-corrected chi connectivity index (χ4v) is 8.23. The molecule has 0 aliphatic heterocycles. The molecule has 0 bridgehead atoms. The third-order valence-electron chi connectivity index (χ3n) is 11.6. The Balaban J connectivity index is 3.75. The second-order valence-electron chi connectivity index (χ2n) is 18.9. The number of hydrogen-bond donors (Lipinski definition) is 2. The number of amides is 1. The lowest BCUT2D eigenvalue weighted by molar-refractivity contribution is -0.870. The fraction of sp³-hybridized carbons (Fsp3) is 0.830. The van der Waals surface area contributed by atoms with E-state index < -0.39 is 20.0 Å². The Morgan fingerprint density at radius 1 is 0.581 bits per heavy atom. The molecule has 2 N–H and O–H groups in total. The number of allylic oxidation sites excluding steroid dienone is 8. The molecule has 0 radical (unpaired) electrons. The standard InChI is InChI=1S/C53H101N2O6P/c1-6-8-10-12-13-14-15-16-17-18-19-20-21-22-23-24-25-26-27-28-29-30-31-32-33-34-35-36-37-38-39-40-41-43-45-47-53(57)54-51(52(56)46-44-42-11-9-7-2)50-61-62(58,59)60-49-48-55(3,4)5/h8,10,13-14,16-17,19-20,51-52,56H,6-7,9,11-12,15,18,21-50H2,1-5H3,(H-,54,57,58,59)/b10-8-,14-13-,17-16-,20-19-. The molecule has 0 aromatic rings. The minimum Gasteiger partial charge on any atom is -0.756 e. The number of nitrogens with zero attached hydrogens (tertiary/aromatic N) is 1. The Bertz CT molecular complexity index is 1150. The smallest absolute Gasteiger partial charge is 0.268 e. The molecule has 0 rings (SSSR count). The summed E-state index contributed by atoms with van der Waals surface area (Å²) in [6.45, 7) is 4.52. The predicted molar refractivity (Wildman–Crippen MR) is 265 cm³/mol. The van der Waals surface area contributed by atoms with Crippen LogP contribution in [0.2, 0.25) is 0 Å². The van der Waals surface area contributed by atoms with Gasteiger partial charge in [0, 0.05) is 6.42 Å². The van der Waals surface area contributed by atoms with Gasteiger partial charge in [0.25, 0.3) is 7.82 Å². The van der Waals surface area contributed by atoms with E-state index in [1.807, 2.05) is 21.1 Å². The van der Waals surface area contributed by atoms with Gasteiger partial charge in [-0.15, -0.1) is 0 Å². The number of rotatable bonds is 47. The van der Waals surface area contributed by atoms with Gasteiger partial charge in [-0.1, -0.05) is 223 Å². The van der Waals surface area contributed by atoms with Crippen molar-refractivity contribution >= 4 is 13.7 Å². The van der Waals surface area contributed by atoms with Gasteiger partial charge in [0.2, 0.25) is 5.91 Å². The van der Waals surface area contributed by atoms with E-state index in [-0.39, 0.29) is 19.1 Å².